The molecule has 1 aromatic rings. The summed E-state index contributed by atoms with van der Waals surface area (Å²) in [7, 11) is 1.87. The van der Waals surface area contributed by atoms with Crippen molar-refractivity contribution < 1.29 is 14.1 Å². The van der Waals surface area contributed by atoms with Gasteiger partial charge in [-0.05, 0) is 13.3 Å². The van der Waals surface area contributed by atoms with E-state index in [-0.39, 0.29) is 24.7 Å². The molecule has 0 aromatic carbocycles. The standard InChI is InChI=1S/C13H19N3O3/c1-9-5-10(14-19-9)6-16-4-3-12-11(7-16)15(2)13(17)8-18-12/h5,11-12H,3-4,6-8H2,1-2H3/t11-,12+/m0/s1. The molecule has 0 aliphatic carbocycles. The molecule has 2 fully saturated rings. The lowest BCUT2D eigenvalue weighted by molar-refractivity contribution is -0.160. The number of likely N-dealkylation sites (tertiary alicyclic amines) is 1. The normalized spacial score (nSPS) is 28.5. The van der Waals surface area contributed by atoms with Crippen LogP contribution in [-0.2, 0) is 16.1 Å². The van der Waals surface area contributed by atoms with Gasteiger partial charge < -0.3 is 14.2 Å². The van der Waals surface area contributed by atoms with E-state index < -0.39 is 0 Å². The highest BCUT2D eigenvalue weighted by Gasteiger charge is 2.38. The van der Waals surface area contributed by atoms with Gasteiger partial charge in [0, 0.05) is 32.7 Å². The number of aromatic nitrogens is 1. The number of carbonyl (C=O) groups is 1. The highest BCUT2D eigenvalue weighted by atomic mass is 16.5. The zero-order chi connectivity index (χ0) is 13.4. The first-order valence-electron chi connectivity index (χ1n) is 6.65. The van der Waals surface area contributed by atoms with Crippen molar-refractivity contribution in [2.24, 2.45) is 0 Å². The van der Waals surface area contributed by atoms with Crippen LogP contribution in [0.5, 0.6) is 0 Å². The van der Waals surface area contributed by atoms with Crippen LogP contribution in [0.3, 0.4) is 0 Å². The van der Waals surface area contributed by atoms with Crippen molar-refractivity contribution in [1.29, 1.82) is 0 Å². The van der Waals surface area contributed by atoms with Crippen molar-refractivity contribution in [3.8, 4) is 0 Å². The highest BCUT2D eigenvalue weighted by molar-refractivity contribution is 5.78. The molecule has 2 atom stereocenters. The lowest BCUT2D eigenvalue weighted by atomic mass is 9.99. The maximum absolute atomic E-state index is 11.7. The van der Waals surface area contributed by atoms with Crippen LogP contribution in [-0.4, -0.2) is 59.8 Å². The van der Waals surface area contributed by atoms with Gasteiger partial charge in [-0.2, -0.15) is 0 Å². The molecule has 2 aliphatic rings. The summed E-state index contributed by atoms with van der Waals surface area (Å²) < 4.78 is 10.7. The lowest BCUT2D eigenvalue weighted by Crippen LogP contribution is -2.60. The second-order valence-electron chi connectivity index (χ2n) is 5.37. The Kier molecular flexibility index (Phi) is 3.28. The van der Waals surface area contributed by atoms with Crippen molar-refractivity contribution in [2.75, 3.05) is 26.7 Å². The molecule has 3 rings (SSSR count). The number of nitrogens with zero attached hydrogens (tertiary/aromatic N) is 3. The number of hydrogen-bond acceptors (Lipinski definition) is 5. The zero-order valence-corrected chi connectivity index (χ0v) is 11.3. The smallest absolute Gasteiger partial charge is 0.248 e. The molecule has 3 heterocycles. The van der Waals surface area contributed by atoms with Crippen LogP contribution >= 0.6 is 0 Å². The number of hydrogen-bond donors (Lipinski definition) is 0. The topological polar surface area (TPSA) is 58.8 Å². The van der Waals surface area contributed by atoms with Gasteiger partial charge >= 0.3 is 0 Å². The van der Waals surface area contributed by atoms with Gasteiger partial charge in [0.2, 0.25) is 5.91 Å². The molecule has 1 aromatic heterocycles. The maximum atomic E-state index is 11.7. The first-order chi connectivity index (χ1) is 9.13. The summed E-state index contributed by atoms with van der Waals surface area (Å²) in [6, 6.07) is 2.11. The van der Waals surface area contributed by atoms with Crippen LogP contribution in [0.4, 0.5) is 0 Å². The minimum Gasteiger partial charge on any atom is -0.366 e. The maximum Gasteiger partial charge on any atom is 0.248 e. The summed E-state index contributed by atoms with van der Waals surface area (Å²) >= 11 is 0. The van der Waals surface area contributed by atoms with E-state index in [4.69, 9.17) is 9.26 Å². The minimum atomic E-state index is 0.0698. The van der Waals surface area contributed by atoms with Crippen LogP contribution in [0.15, 0.2) is 10.6 Å². The van der Waals surface area contributed by atoms with E-state index in [1.807, 2.05) is 24.9 Å². The summed E-state index contributed by atoms with van der Waals surface area (Å²) in [4.78, 5) is 15.8. The second-order valence-corrected chi connectivity index (χ2v) is 5.37. The van der Waals surface area contributed by atoms with Gasteiger partial charge in [-0.1, -0.05) is 5.16 Å². The molecule has 19 heavy (non-hydrogen) atoms. The minimum absolute atomic E-state index is 0.0698. The number of carbonyl (C=O) groups excluding carboxylic acids is 1. The van der Waals surface area contributed by atoms with Gasteiger partial charge in [-0.15, -0.1) is 0 Å². The SMILES string of the molecule is Cc1cc(CN2CC[C@H]3OCC(=O)N(C)[C@H]3C2)no1. The third-order valence-electron chi connectivity index (χ3n) is 3.98. The first kappa shape index (κ1) is 12.6. The fourth-order valence-corrected chi connectivity index (χ4v) is 2.87. The number of ether oxygens (including phenoxy) is 1. The van der Waals surface area contributed by atoms with Crippen molar-refractivity contribution in [3.05, 3.63) is 17.5 Å². The van der Waals surface area contributed by atoms with Crippen molar-refractivity contribution in [2.45, 2.75) is 32.0 Å². The average molecular weight is 265 g/mol. The molecule has 2 saturated heterocycles. The molecule has 6 nitrogen and oxygen atoms in total. The number of piperidine rings is 1. The fraction of sp³-hybridized carbons (Fsp3) is 0.692. The number of amides is 1. The van der Waals surface area contributed by atoms with Crippen LogP contribution in [0.25, 0.3) is 0 Å². The number of rotatable bonds is 2. The van der Waals surface area contributed by atoms with E-state index in [0.717, 1.165) is 37.5 Å². The van der Waals surface area contributed by atoms with E-state index >= 15 is 0 Å². The summed E-state index contributed by atoms with van der Waals surface area (Å²) in [5.41, 5.74) is 0.946. The van der Waals surface area contributed by atoms with E-state index in [2.05, 4.69) is 10.1 Å². The predicted octanol–water partition coefficient (Wildman–Crippen LogP) is 0.415. The molecular formula is C13H19N3O3. The number of fused-ring (bicyclic) bond motifs is 1. The molecule has 6 heteroatoms. The molecule has 0 unspecified atom stereocenters. The Morgan fingerprint density at radius 2 is 2.37 bits per heavy atom. The van der Waals surface area contributed by atoms with Gasteiger partial charge in [0.15, 0.2) is 0 Å². The summed E-state index contributed by atoms with van der Waals surface area (Å²) in [5.74, 6) is 0.901. The Labute approximate surface area is 112 Å². The quantitative estimate of drug-likeness (QED) is 0.775. The Hall–Kier alpha value is -1.40. The van der Waals surface area contributed by atoms with Crippen molar-refractivity contribution in [3.63, 3.8) is 0 Å². The van der Waals surface area contributed by atoms with Gasteiger partial charge in [0.1, 0.15) is 12.4 Å². The third-order valence-corrected chi connectivity index (χ3v) is 3.98. The van der Waals surface area contributed by atoms with E-state index in [1.54, 1.807) is 0 Å². The highest BCUT2D eigenvalue weighted by Crippen LogP contribution is 2.23. The lowest BCUT2D eigenvalue weighted by Gasteiger charge is -2.45. The zero-order valence-electron chi connectivity index (χ0n) is 11.3. The second kappa shape index (κ2) is 4.94. The number of likely N-dealkylation sites (N-methyl/N-ethyl adjacent to an activating group) is 1. The molecule has 2 aliphatic heterocycles. The Balaban J connectivity index is 1.65. The Morgan fingerprint density at radius 3 is 3.11 bits per heavy atom. The largest absolute Gasteiger partial charge is 0.366 e. The summed E-state index contributed by atoms with van der Waals surface area (Å²) in [6.07, 6.45) is 1.14. The number of morpholine rings is 1. The van der Waals surface area contributed by atoms with Crippen LogP contribution in [0.2, 0.25) is 0 Å². The molecule has 0 spiro atoms. The average Bonchev–Trinajstić information content (AvgIpc) is 2.80. The Bertz CT molecular complexity index is 473. The monoisotopic (exact) mass is 265 g/mol. The van der Waals surface area contributed by atoms with Crippen molar-refractivity contribution in [1.82, 2.24) is 15.0 Å². The molecule has 104 valence electrons. The first-order valence-corrected chi connectivity index (χ1v) is 6.65. The number of aryl methyl sites for hydroxylation is 1. The molecule has 1 amide bonds. The van der Waals surface area contributed by atoms with E-state index in [1.165, 1.54) is 0 Å². The Morgan fingerprint density at radius 1 is 1.53 bits per heavy atom. The molecule has 0 N–H and O–H groups in total. The van der Waals surface area contributed by atoms with Gasteiger partial charge in [-0.3, -0.25) is 9.69 Å². The van der Waals surface area contributed by atoms with Crippen LogP contribution in [0, 0.1) is 6.92 Å². The van der Waals surface area contributed by atoms with Crippen molar-refractivity contribution >= 4 is 5.91 Å². The van der Waals surface area contributed by atoms with Gasteiger partial charge in [0.05, 0.1) is 17.8 Å². The summed E-state index contributed by atoms with van der Waals surface area (Å²) in [5, 5.41) is 4.02. The summed E-state index contributed by atoms with van der Waals surface area (Å²) in [6.45, 7) is 4.68. The molecule has 0 bridgehead atoms. The third kappa shape index (κ3) is 2.50. The van der Waals surface area contributed by atoms with E-state index in [0.29, 0.717) is 0 Å². The molecule has 0 radical (unpaired) electrons. The van der Waals surface area contributed by atoms with E-state index in [9.17, 15) is 4.79 Å². The predicted molar refractivity (Wildman–Crippen MR) is 67.4 cm³/mol. The molecular weight excluding hydrogens is 246 g/mol. The van der Waals surface area contributed by atoms with Crippen LogP contribution < -0.4 is 0 Å². The van der Waals surface area contributed by atoms with Gasteiger partial charge in [-0.25, -0.2) is 0 Å². The molecule has 0 saturated carbocycles. The van der Waals surface area contributed by atoms with Crippen LogP contribution in [0.1, 0.15) is 17.9 Å². The fourth-order valence-electron chi connectivity index (χ4n) is 2.87. The van der Waals surface area contributed by atoms with Gasteiger partial charge in [0.25, 0.3) is 0 Å².